The van der Waals surface area contributed by atoms with Crippen LogP contribution in [0.2, 0.25) is 0 Å². The van der Waals surface area contributed by atoms with Crippen LogP contribution in [0.4, 0.5) is 0 Å². The molecule has 0 amide bonds. The molecular weight excluding hydrogens is 120 g/mol. The second-order valence-electron chi connectivity index (χ2n) is 3.71. The maximum absolute atomic E-state index is 2.47. The Morgan fingerprint density at radius 2 is 1.90 bits per heavy atom. The van der Waals surface area contributed by atoms with E-state index in [9.17, 15) is 0 Å². The Hall–Kier alpha value is -0.260. The van der Waals surface area contributed by atoms with E-state index in [0.29, 0.717) is 0 Å². The fourth-order valence-corrected chi connectivity index (χ4v) is 2.43. The summed E-state index contributed by atoms with van der Waals surface area (Å²) in [4.78, 5) is 0. The van der Waals surface area contributed by atoms with Crippen LogP contribution in [0.3, 0.4) is 0 Å². The van der Waals surface area contributed by atoms with E-state index in [0.717, 1.165) is 11.8 Å². The number of hydrogen-bond acceptors (Lipinski definition) is 0. The molecule has 0 aromatic heterocycles. The molecule has 1 fully saturated rings. The van der Waals surface area contributed by atoms with Gasteiger partial charge in [0, 0.05) is 0 Å². The minimum atomic E-state index is 0.975. The Morgan fingerprint density at radius 1 is 1.00 bits per heavy atom. The molecule has 0 heteroatoms. The molecule has 0 heterocycles. The van der Waals surface area contributed by atoms with E-state index in [2.05, 4.69) is 12.2 Å². The second kappa shape index (κ2) is 2.77. The third-order valence-corrected chi connectivity index (χ3v) is 3.06. The lowest BCUT2D eigenvalue weighted by Crippen LogP contribution is -2.19. The zero-order chi connectivity index (χ0) is 6.81. The van der Waals surface area contributed by atoms with E-state index in [1.165, 1.54) is 38.5 Å². The van der Waals surface area contributed by atoms with Gasteiger partial charge in [0.25, 0.3) is 0 Å². The Balaban J connectivity index is 2.03. The molecule has 0 spiro atoms. The smallest absolute Gasteiger partial charge is 0.0205 e. The SMILES string of the molecule is C1=C[C@H]2CCCC[C@@H]2CC1. The molecule has 0 aromatic carbocycles. The number of rotatable bonds is 0. The summed E-state index contributed by atoms with van der Waals surface area (Å²) in [5, 5.41) is 0. The van der Waals surface area contributed by atoms with Gasteiger partial charge in [-0.05, 0) is 37.5 Å². The predicted molar refractivity (Wildman–Crippen MR) is 43.8 cm³/mol. The van der Waals surface area contributed by atoms with Gasteiger partial charge in [0.2, 0.25) is 0 Å². The van der Waals surface area contributed by atoms with Crippen LogP contribution < -0.4 is 0 Å². The molecule has 2 rings (SSSR count). The number of fused-ring (bicyclic) bond motifs is 1. The van der Waals surface area contributed by atoms with Gasteiger partial charge >= 0.3 is 0 Å². The summed E-state index contributed by atoms with van der Waals surface area (Å²) in [6.07, 6.45) is 13.6. The summed E-state index contributed by atoms with van der Waals surface area (Å²) in [6.45, 7) is 0. The fraction of sp³-hybridized carbons (Fsp3) is 0.800. The lowest BCUT2D eigenvalue weighted by molar-refractivity contribution is 0.259. The first-order chi connectivity index (χ1) is 4.97. The van der Waals surface area contributed by atoms with Crippen LogP contribution in [0.15, 0.2) is 12.2 Å². The van der Waals surface area contributed by atoms with Gasteiger partial charge < -0.3 is 0 Å². The zero-order valence-corrected chi connectivity index (χ0v) is 6.55. The van der Waals surface area contributed by atoms with Crippen molar-refractivity contribution in [2.45, 2.75) is 38.5 Å². The van der Waals surface area contributed by atoms with Crippen molar-refractivity contribution in [1.82, 2.24) is 0 Å². The first-order valence-corrected chi connectivity index (χ1v) is 4.63. The van der Waals surface area contributed by atoms with Crippen LogP contribution in [0.5, 0.6) is 0 Å². The van der Waals surface area contributed by atoms with Crippen LogP contribution in [-0.4, -0.2) is 0 Å². The Labute approximate surface area is 63.3 Å². The Bertz CT molecular complexity index is 135. The van der Waals surface area contributed by atoms with Gasteiger partial charge in [-0.2, -0.15) is 0 Å². The number of hydrogen-bond donors (Lipinski definition) is 0. The molecule has 56 valence electrons. The zero-order valence-electron chi connectivity index (χ0n) is 6.55. The third-order valence-electron chi connectivity index (χ3n) is 3.06. The molecule has 0 unspecified atom stereocenters. The van der Waals surface area contributed by atoms with E-state index >= 15 is 0 Å². The highest BCUT2D eigenvalue weighted by molar-refractivity contribution is 4.98. The van der Waals surface area contributed by atoms with Crippen molar-refractivity contribution in [3.63, 3.8) is 0 Å². The van der Waals surface area contributed by atoms with E-state index in [4.69, 9.17) is 0 Å². The summed E-state index contributed by atoms with van der Waals surface area (Å²) in [7, 11) is 0. The predicted octanol–water partition coefficient (Wildman–Crippen LogP) is 3.14. The van der Waals surface area contributed by atoms with Gasteiger partial charge in [-0.25, -0.2) is 0 Å². The van der Waals surface area contributed by atoms with Gasteiger partial charge in [-0.1, -0.05) is 25.0 Å². The second-order valence-corrected chi connectivity index (χ2v) is 3.71. The number of allylic oxidation sites excluding steroid dienone is 2. The Morgan fingerprint density at radius 3 is 2.80 bits per heavy atom. The van der Waals surface area contributed by atoms with Crippen molar-refractivity contribution in [2.24, 2.45) is 11.8 Å². The van der Waals surface area contributed by atoms with Gasteiger partial charge in [0.1, 0.15) is 0 Å². The van der Waals surface area contributed by atoms with Gasteiger partial charge in [0.05, 0.1) is 0 Å². The normalized spacial score (nSPS) is 39.2. The monoisotopic (exact) mass is 136 g/mol. The molecule has 0 bridgehead atoms. The third kappa shape index (κ3) is 1.12. The van der Waals surface area contributed by atoms with Gasteiger partial charge in [-0.3, -0.25) is 0 Å². The largest absolute Gasteiger partial charge is 0.0882 e. The summed E-state index contributed by atoms with van der Waals surface area (Å²) in [5.74, 6) is 2.04. The molecule has 0 nitrogen and oxygen atoms in total. The van der Waals surface area contributed by atoms with Crippen LogP contribution in [-0.2, 0) is 0 Å². The molecule has 0 saturated heterocycles. The molecular formula is C10H16. The maximum atomic E-state index is 2.47. The first-order valence-electron chi connectivity index (χ1n) is 4.63. The highest BCUT2D eigenvalue weighted by Crippen LogP contribution is 2.36. The van der Waals surface area contributed by atoms with E-state index in [1.54, 1.807) is 0 Å². The van der Waals surface area contributed by atoms with Crippen LogP contribution >= 0.6 is 0 Å². The van der Waals surface area contributed by atoms with Crippen molar-refractivity contribution < 1.29 is 0 Å². The topological polar surface area (TPSA) is 0 Å². The fourth-order valence-electron chi connectivity index (χ4n) is 2.43. The molecule has 1 saturated carbocycles. The van der Waals surface area contributed by atoms with Crippen molar-refractivity contribution in [1.29, 1.82) is 0 Å². The van der Waals surface area contributed by atoms with Crippen molar-refractivity contribution in [3.8, 4) is 0 Å². The minimum absolute atomic E-state index is 0.975. The lowest BCUT2D eigenvalue weighted by atomic mass is 9.74. The molecule has 0 aromatic rings. The first kappa shape index (κ1) is 6.45. The van der Waals surface area contributed by atoms with Crippen LogP contribution in [0.1, 0.15) is 38.5 Å². The van der Waals surface area contributed by atoms with E-state index in [1.807, 2.05) is 0 Å². The summed E-state index contributed by atoms with van der Waals surface area (Å²) in [6, 6.07) is 0. The van der Waals surface area contributed by atoms with Crippen molar-refractivity contribution in [3.05, 3.63) is 12.2 Å². The van der Waals surface area contributed by atoms with E-state index in [-0.39, 0.29) is 0 Å². The van der Waals surface area contributed by atoms with Crippen molar-refractivity contribution in [2.75, 3.05) is 0 Å². The van der Waals surface area contributed by atoms with E-state index < -0.39 is 0 Å². The summed E-state index contributed by atoms with van der Waals surface area (Å²) < 4.78 is 0. The summed E-state index contributed by atoms with van der Waals surface area (Å²) >= 11 is 0. The molecule has 10 heavy (non-hydrogen) atoms. The molecule has 0 aliphatic heterocycles. The van der Waals surface area contributed by atoms with Crippen molar-refractivity contribution >= 4 is 0 Å². The molecule has 0 radical (unpaired) electrons. The van der Waals surface area contributed by atoms with Gasteiger partial charge in [0.15, 0.2) is 0 Å². The highest BCUT2D eigenvalue weighted by Gasteiger charge is 2.23. The molecule has 2 atom stereocenters. The molecule has 0 N–H and O–H groups in total. The standard InChI is InChI=1S/C10H16/c1-2-6-10-8-4-3-7-9(10)5-1/h1,5,9-10H,2-4,6-8H2/t9-,10-/m0/s1. The Kier molecular flexibility index (Phi) is 1.79. The average Bonchev–Trinajstić information content (AvgIpc) is 2.05. The quantitative estimate of drug-likeness (QED) is 0.449. The summed E-state index contributed by atoms with van der Waals surface area (Å²) in [5.41, 5.74) is 0. The lowest BCUT2D eigenvalue weighted by Gasteiger charge is -2.31. The van der Waals surface area contributed by atoms with Crippen LogP contribution in [0, 0.1) is 11.8 Å². The minimum Gasteiger partial charge on any atom is -0.0882 e. The van der Waals surface area contributed by atoms with Gasteiger partial charge in [-0.15, -0.1) is 0 Å². The van der Waals surface area contributed by atoms with Crippen LogP contribution in [0.25, 0.3) is 0 Å². The molecule has 2 aliphatic carbocycles. The molecule has 2 aliphatic rings. The average molecular weight is 136 g/mol. The maximum Gasteiger partial charge on any atom is -0.0205 e. The highest BCUT2D eigenvalue weighted by atomic mass is 14.3.